The quantitative estimate of drug-likeness (QED) is 0.245. The van der Waals surface area contributed by atoms with Gasteiger partial charge in [-0.2, -0.15) is 0 Å². The number of benzene rings is 2. The van der Waals surface area contributed by atoms with Gasteiger partial charge in [-0.05, 0) is 55.7 Å². The number of aryl methyl sites for hydroxylation is 1. The topological polar surface area (TPSA) is 101 Å². The first-order valence-corrected chi connectivity index (χ1v) is 13.9. The highest BCUT2D eigenvalue weighted by atomic mass is 35.5. The molecule has 1 aliphatic rings. The normalized spacial score (nSPS) is 15.0. The maximum atomic E-state index is 13.3. The van der Waals surface area contributed by atoms with E-state index in [2.05, 4.69) is 10.0 Å². The van der Waals surface area contributed by atoms with Gasteiger partial charge in [0.25, 0.3) is 10.0 Å². The van der Waals surface area contributed by atoms with Gasteiger partial charge in [0.05, 0.1) is 28.4 Å². The molecule has 0 amide bonds. The van der Waals surface area contributed by atoms with Crippen molar-refractivity contribution in [2.45, 2.75) is 56.4 Å². The lowest BCUT2D eigenvalue weighted by Crippen LogP contribution is -2.17. The van der Waals surface area contributed by atoms with Crippen molar-refractivity contribution in [1.29, 1.82) is 0 Å². The molecular weight excluding hydrogens is 494 g/mol. The molecule has 0 spiro atoms. The van der Waals surface area contributed by atoms with Gasteiger partial charge >= 0.3 is 0 Å². The van der Waals surface area contributed by atoms with Gasteiger partial charge in [0, 0.05) is 12.1 Å². The Morgan fingerprint density at radius 3 is 2.53 bits per heavy atom. The molecule has 1 aromatic heterocycles. The SMILES string of the molecule is COc1ccc(-c2sc(NC3CCCCCC3)nc2C)cc1S(=O)(=O)Nc1ccc(O)cc1Cl. The van der Waals surface area contributed by atoms with Crippen LogP contribution in [0.3, 0.4) is 0 Å². The zero-order valence-electron chi connectivity index (χ0n) is 19.1. The molecule has 3 N–H and O–H groups in total. The van der Waals surface area contributed by atoms with Crippen molar-refractivity contribution in [3.05, 3.63) is 47.1 Å². The number of anilines is 2. The van der Waals surface area contributed by atoms with Crippen molar-refractivity contribution in [2.24, 2.45) is 0 Å². The van der Waals surface area contributed by atoms with Crippen molar-refractivity contribution < 1.29 is 18.3 Å². The van der Waals surface area contributed by atoms with Gasteiger partial charge in [-0.25, -0.2) is 13.4 Å². The second-order valence-electron chi connectivity index (χ2n) is 8.40. The van der Waals surface area contributed by atoms with Crippen LogP contribution >= 0.6 is 22.9 Å². The van der Waals surface area contributed by atoms with E-state index in [0.29, 0.717) is 6.04 Å². The number of halogens is 1. The molecule has 182 valence electrons. The average Bonchev–Trinajstić information content (AvgIpc) is 2.98. The number of phenolic OH excluding ortho intramolecular Hbond substituents is 1. The second kappa shape index (κ2) is 10.4. The first-order chi connectivity index (χ1) is 16.3. The number of nitrogens with zero attached hydrogens (tertiary/aromatic N) is 1. The molecule has 1 aliphatic carbocycles. The smallest absolute Gasteiger partial charge is 0.265 e. The summed E-state index contributed by atoms with van der Waals surface area (Å²) in [6, 6.07) is 9.53. The lowest BCUT2D eigenvalue weighted by molar-refractivity contribution is 0.403. The Labute approximate surface area is 209 Å². The van der Waals surface area contributed by atoms with Gasteiger partial charge in [0.2, 0.25) is 0 Å². The Morgan fingerprint density at radius 1 is 1.12 bits per heavy atom. The molecule has 4 rings (SSSR count). The highest BCUT2D eigenvalue weighted by Gasteiger charge is 2.23. The summed E-state index contributed by atoms with van der Waals surface area (Å²) in [7, 11) is -2.60. The summed E-state index contributed by atoms with van der Waals surface area (Å²) in [5.41, 5.74) is 1.74. The minimum Gasteiger partial charge on any atom is -0.508 e. The first-order valence-electron chi connectivity index (χ1n) is 11.2. The third kappa shape index (κ3) is 5.59. The van der Waals surface area contributed by atoms with Gasteiger partial charge in [-0.3, -0.25) is 4.72 Å². The van der Waals surface area contributed by atoms with E-state index in [4.69, 9.17) is 21.3 Å². The predicted molar refractivity (Wildman–Crippen MR) is 138 cm³/mol. The monoisotopic (exact) mass is 521 g/mol. The summed E-state index contributed by atoms with van der Waals surface area (Å²) in [4.78, 5) is 5.59. The van der Waals surface area contributed by atoms with Crippen molar-refractivity contribution in [3.63, 3.8) is 0 Å². The molecule has 34 heavy (non-hydrogen) atoms. The molecule has 0 saturated heterocycles. The third-order valence-electron chi connectivity index (χ3n) is 5.89. The van der Waals surface area contributed by atoms with Gasteiger partial charge in [0.1, 0.15) is 16.4 Å². The molecule has 7 nitrogen and oxygen atoms in total. The molecule has 0 atom stereocenters. The molecule has 0 bridgehead atoms. The lowest BCUT2D eigenvalue weighted by atomic mass is 10.1. The summed E-state index contributed by atoms with van der Waals surface area (Å²) < 4.78 is 34.3. The summed E-state index contributed by atoms with van der Waals surface area (Å²) in [6.45, 7) is 1.93. The maximum absolute atomic E-state index is 13.3. The Bertz CT molecular complexity index is 1270. The first kappa shape index (κ1) is 24.6. The van der Waals surface area contributed by atoms with Crippen LogP contribution in [-0.2, 0) is 10.0 Å². The van der Waals surface area contributed by atoms with Crippen LogP contribution in [0.4, 0.5) is 10.8 Å². The van der Waals surface area contributed by atoms with E-state index < -0.39 is 10.0 Å². The van der Waals surface area contributed by atoms with Gasteiger partial charge in [0.15, 0.2) is 5.13 Å². The van der Waals surface area contributed by atoms with Crippen molar-refractivity contribution >= 4 is 43.8 Å². The largest absolute Gasteiger partial charge is 0.508 e. The molecule has 0 radical (unpaired) electrons. The maximum Gasteiger partial charge on any atom is 0.265 e. The van der Waals surface area contributed by atoms with Crippen LogP contribution in [-0.4, -0.2) is 31.7 Å². The van der Waals surface area contributed by atoms with E-state index in [1.807, 2.05) is 13.0 Å². The van der Waals surface area contributed by atoms with Crippen molar-refractivity contribution in [3.8, 4) is 21.9 Å². The number of nitrogens with one attached hydrogen (secondary N) is 2. The highest BCUT2D eigenvalue weighted by Crippen LogP contribution is 2.38. The van der Waals surface area contributed by atoms with Crippen molar-refractivity contribution in [2.75, 3.05) is 17.1 Å². The Kier molecular flexibility index (Phi) is 7.54. The Balaban J connectivity index is 1.64. The summed E-state index contributed by atoms with van der Waals surface area (Å²) >= 11 is 7.63. The fourth-order valence-electron chi connectivity index (χ4n) is 4.14. The van der Waals surface area contributed by atoms with E-state index in [9.17, 15) is 13.5 Å². The summed E-state index contributed by atoms with van der Waals surface area (Å²) in [5, 5.41) is 14.1. The Hall–Kier alpha value is -2.49. The van der Waals surface area contributed by atoms with Crippen LogP contribution in [0.2, 0.25) is 5.02 Å². The third-order valence-corrected chi connectivity index (χ3v) is 8.73. The van der Waals surface area contributed by atoms with Crippen molar-refractivity contribution in [1.82, 2.24) is 4.98 Å². The molecule has 10 heteroatoms. The molecule has 0 aliphatic heterocycles. The van der Waals surface area contributed by atoms with E-state index in [1.165, 1.54) is 62.3 Å². The summed E-state index contributed by atoms with van der Waals surface area (Å²) in [6.07, 6.45) is 7.31. The highest BCUT2D eigenvalue weighted by molar-refractivity contribution is 7.92. The zero-order valence-corrected chi connectivity index (χ0v) is 21.5. The lowest BCUT2D eigenvalue weighted by Gasteiger charge is -2.15. The van der Waals surface area contributed by atoms with Crippen LogP contribution < -0.4 is 14.8 Å². The van der Waals surface area contributed by atoms with E-state index in [1.54, 1.807) is 12.1 Å². The van der Waals surface area contributed by atoms with Crippen LogP contribution in [0.15, 0.2) is 41.3 Å². The molecule has 0 unspecified atom stereocenters. The van der Waals surface area contributed by atoms with E-state index in [-0.39, 0.29) is 27.1 Å². The number of phenols is 1. The molecule has 3 aromatic rings. The number of sulfonamides is 1. The van der Waals surface area contributed by atoms with Crippen LogP contribution in [0, 0.1) is 6.92 Å². The average molecular weight is 522 g/mol. The number of hydrogen-bond acceptors (Lipinski definition) is 7. The fraction of sp³-hybridized carbons (Fsp3) is 0.375. The van der Waals surface area contributed by atoms with Crippen LogP contribution in [0.25, 0.3) is 10.4 Å². The minimum absolute atomic E-state index is 0.0114. The van der Waals surface area contributed by atoms with Crippen LogP contribution in [0.5, 0.6) is 11.5 Å². The van der Waals surface area contributed by atoms with E-state index >= 15 is 0 Å². The number of thiazole rings is 1. The van der Waals surface area contributed by atoms with Gasteiger partial charge in [-0.15, -0.1) is 0 Å². The molecule has 2 aromatic carbocycles. The predicted octanol–water partition coefficient (Wildman–Crippen LogP) is 6.42. The Morgan fingerprint density at radius 2 is 1.85 bits per heavy atom. The van der Waals surface area contributed by atoms with Crippen LogP contribution in [0.1, 0.15) is 44.2 Å². The second-order valence-corrected chi connectivity index (χ2v) is 11.5. The number of methoxy groups -OCH3 is 1. The fourth-order valence-corrected chi connectivity index (χ4v) is 6.73. The number of aromatic nitrogens is 1. The standard InChI is InChI=1S/C24H28ClN3O4S2/c1-15-23(33-24(26-15)27-17-7-5-3-4-6-8-17)16-9-12-21(32-2)22(13-16)34(30,31)28-20-11-10-18(29)14-19(20)25/h9-14,17,28-29H,3-8H2,1-2H3,(H,26,27). The van der Waals surface area contributed by atoms with Gasteiger partial charge < -0.3 is 15.2 Å². The number of rotatable bonds is 7. The zero-order chi connectivity index (χ0) is 24.3. The minimum atomic E-state index is -4.03. The number of hydrogen-bond donors (Lipinski definition) is 3. The van der Waals surface area contributed by atoms with E-state index in [0.717, 1.165) is 34.1 Å². The molecule has 1 fully saturated rings. The van der Waals surface area contributed by atoms with Gasteiger partial charge in [-0.1, -0.05) is 48.6 Å². The molecule has 1 heterocycles. The molecule has 1 saturated carbocycles. The number of aromatic hydroxyl groups is 1. The summed E-state index contributed by atoms with van der Waals surface area (Å²) in [5.74, 6) is 0.159. The molecular formula is C24H28ClN3O4S2. The number of ether oxygens (including phenoxy) is 1.